The molecule has 1 aromatic rings. The topological polar surface area (TPSA) is 141 Å². The van der Waals surface area contributed by atoms with Gasteiger partial charge in [-0.2, -0.15) is 5.26 Å². The number of sulfonamides is 1. The number of ether oxygens (including phenoxy) is 1. The molecular weight excluding hydrogens is 405 g/mol. The molecule has 1 aromatic carbocycles. The van der Waals surface area contributed by atoms with Crippen LogP contribution in [0.25, 0.3) is 0 Å². The minimum Gasteiger partial charge on any atom is -0.374 e. The quantitative estimate of drug-likeness (QED) is 0.605. The molecule has 0 radical (unpaired) electrons. The summed E-state index contributed by atoms with van der Waals surface area (Å²) in [5.74, 6) is -0.708. The second-order valence-corrected chi connectivity index (χ2v) is 8.85. The summed E-state index contributed by atoms with van der Waals surface area (Å²) >= 11 is 0. The minimum absolute atomic E-state index is 0.00933. The largest absolute Gasteiger partial charge is 0.374 e. The number of piperidine rings is 1. The van der Waals surface area contributed by atoms with Gasteiger partial charge in [-0.15, -0.1) is 0 Å². The highest BCUT2D eigenvalue weighted by atomic mass is 32.2. The zero-order valence-corrected chi connectivity index (χ0v) is 15.9. The lowest BCUT2D eigenvalue weighted by Gasteiger charge is -2.32. The van der Waals surface area contributed by atoms with E-state index in [1.54, 1.807) is 6.07 Å². The number of nitrogens with one attached hydrogen (secondary N) is 3. The maximum Gasteiger partial charge on any atom is 0.336 e. The predicted octanol–water partition coefficient (Wildman–Crippen LogP) is -0.322. The van der Waals surface area contributed by atoms with Gasteiger partial charge in [-0.1, -0.05) is 6.07 Å². The predicted molar refractivity (Wildman–Crippen MR) is 97.0 cm³/mol. The van der Waals surface area contributed by atoms with Crippen molar-refractivity contribution < 1.29 is 27.1 Å². The van der Waals surface area contributed by atoms with Crippen LogP contribution in [-0.2, 0) is 19.6 Å². The molecule has 3 amide bonds. The summed E-state index contributed by atoms with van der Waals surface area (Å²) < 4.78 is 45.1. The Kier molecular flexibility index (Phi) is 4.89. The molecule has 10 nitrogen and oxygen atoms in total. The first-order chi connectivity index (χ1) is 13.8. The summed E-state index contributed by atoms with van der Waals surface area (Å²) in [5, 5.41) is 17.2. The molecule has 154 valence electrons. The third kappa shape index (κ3) is 3.41. The molecule has 4 rings (SSSR count). The van der Waals surface area contributed by atoms with E-state index >= 15 is 0 Å². The van der Waals surface area contributed by atoms with Crippen LogP contribution in [0, 0.1) is 11.3 Å². The lowest BCUT2D eigenvalue weighted by molar-refractivity contribution is -0.121. The van der Waals surface area contributed by atoms with E-state index < -0.39 is 40.7 Å². The van der Waals surface area contributed by atoms with Crippen molar-refractivity contribution in [3.8, 4) is 6.07 Å². The van der Waals surface area contributed by atoms with Gasteiger partial charge in [0, 0.05) is 13.0 Å². The van der Waals surface area contributed by atoms with Crippen LogP contribution >= 0.6 is 0 Å². The number of halogens is 1. The molecule has 0 saturated carbocycles. The molecule has 3 unspecified atom stereocenters. The van der Waals surface area contributed by atoms with Gasteiger partial charge in [0.15, 0.2) is 0 Å². The molecule has 2 saturated heterocycles. The number of urea groups is 1. The van der Waals surface area contributed by atoms with Gasteiger partial charge in [-0.3, -0.25) is 4.79 Å². The van der Waals surface area contributed by atoms with Crippen molar-refractivity contribution in [3.63, 3.8) is 0 Å². The van der Waals surface area contributed by atoms with E-state index in [9.17, 15) is 27.7 Å². The van der Waals surface area contributed by atoms with Gasteiger partial charge in [-0.25, -0.2) is 21.9 Å². The number of amides is 3. The van der Waals surface area contributed by atoms with Gasteiger partial charge in [-0.05, 0) is 12.1 Å². The first-order valence-corrected chi connectivity index (χ1v) is 10.4. The molecule has 2 fully saturated rings. The lowest BCUT2D eigenvalue weighted by Crippen LogP contribution is -2.58. The molecule has 0 bridgehead atoms. The number of alkyl halides is 1. The summed E-state index contributed by atoms with van der Waals surface area (Å²) in [5.41, 5.74) is -0.142. The highest BCUT2D eigenvalue weighted by Crippen LogP contribution is 2.32. The number of nitriles is 1. The monoisotopic (exact) mass is 423 g/mol. The lowest BCUT2D eigenvalue weighted by atomic mass is 9.97. The maximum atomic E-state index is 13.5. The maximum absolute atomic E-state index is 13.5. The fourth-order valence-electron chi connectivity index (χ4n) is 3.85. The Labute approximate surface area is 166 Å². The molecule has 3 aliphatic heterocycles. The van der Waals surface area contributed by atoms with Crippen LogP contribution in [0.15, 0.2) is 23.1 Å². The number of benzene rings is 1. The Balaban J connectivity index is 1.50. The summed E-state index contributed by atoms with van der Waals surface area (Å²) in [6.07, 6.45) is -1.18. The van der Waals surface area contributed by atoms with Crippen LogP contribution in [0.2, 0.25) is 0 Å². The summed E-state index contributed by atoms with van der Waals surface area (Å²) in [4.78, 5) is 24.4. The summed E-state index contributed by atoms with van der Waals surface area (Å²) in [6.45, 7) is -0.457. The molecule has 3 heterocycles. The van der Waals surface area contributed by atoms with E-state index in [0.717, 1.165) is 0 Å². The fraction of sp³-hybridized carbons (Fsp3) is 0.471. The van der Waals surface area contributed by atoms with Gasteiger partial charge < -0.3 is 20.7 Å². The molecule has 0 aromatic heterocycles. The molecule has 3 aliphatic rings. The first-order valence-electron chi connectivity index (χ1n) is 8.96. The van der Waals surface area contributed by atoms with Crippen LogP contribution in [0.5, 0.6) is 0 Å². The molecule has 0 aliphatic carbocycles. The number of hydrogen-bond donors (Lipinski definition) is 3. The number of nitrogens with zero attached hydrogens (tertiary/aromatic N) is 2. The van der Waals surface area contributed by atoms with E-state index in [0.29, 0.717) is 4.31 Å². The summed E-state index contributed by atoms with van der Waals surface area (Å²) in [6, 6.07) is 4.16. The van der Waals surface area contributed by atoms with E-state index in [2.05, 4.69) is 16.0 Å². The first kappa shape index (κ1) is 19.6. The van der Waals surface area contributed by atoms with E-state index in [1.807, 2.05) is 0 Å². The zero-order valence-electron chi connectivity index (χ0n) is 15.1. The third-order valence-corrected chi connectivity index (χ3v) is 7.00. The van der Waals surface area contributed by atoms with E-state index in [4.69, 9.17) is 4.74 Å². The van der Waals surface area contributed by atoms with Crippen molar-refractivity contribution >= 4 is 27.6 Å². The highest BCUT2D eigenvalue weighted by Gasteiger charge is 2.44. The fourth-order valence-corrected chi connectivity index (χ4v) is 5.41. The van der Waals surface area contributed by atoms with Crippen LogP contribution in [-0.4, -0.2) is 68.7 Å². The van der Waals surface area contributed by atoms with Gasteiger partial charge in [0.2, 0.25) is 5.91 Å². The minimum atomic E-state index is -4.39. The molecule has 0 spiro atoms. The number of anilines is 1. The third-order valence-electron chi connectivity index (χ3n) is 5.17. The van der Waals surface area contributed by atoms with E-state index in [-0.39, 0.29) is 47.9 Å². The Morgan fingerprint density at radius 3 is 3.00 bits per heavy atom. The second-order valence-electron chi connectivity index (χ2n) is 7.05. The standard InChI is InChI=1S/C17H18FN5O5S/c18-10-4-13-15(20-6-10)12(8-28-13)21-14(24)7-23-17(25)22-11-3-1-2-9(5-19)16(11)29(23,26)27/h1-3,10,12-13,15,20H,4,6-8H2,(H,21,24)(H,22,25)/t10?,12-,13?,15?/m1/s1. The average Bonchev–Trinajstić information content (AvgIpc) is 3.06. The van der Waals surface area contributed by atoms with Gasteiger partial charge >= 0.3 is 6.03 Å². The molecular formula is C17H18FN5O5S. The smallest absolute Gasteiger partial charge is 0.336 e. The normalized spacial score (nSPS) is 29.9. The van der Waals surface area contributed by atoms with Crippen LogP contribution in [0.4, 0.5) is 14.9 Å². The van der Waals surface area contributed by atoms with Crippen molar-refractivity contribution in [2.75, 3.05) is 25.0 Å². The van der Waals surface area contributed by atoms with Crippen LogP contribution < -0.4 is 16.0 Å². The molecule has 3 N–H and O–H groups in total. The zero-order chi connectivity index (χ0) is 20.8. The van der Waals surface area contributed by atoms with Crippen molar-refractivity contribution in [2.24, 2.45) is 0 Å². The van der Waals surface area contributed by atoms with Gasteiger partial charge in [0.1, 0.15) is 23.7 Å². The number of carbonyl (C=O) groups is 2. The van der Waals surface area contributed by atoms with Crippen molar-refractivity contribution in [2.45, 2.75) is 35.7 Å². The Morgan fingerprint density at radius 1 is 1.45 bits per heavy atom. The Morgan fingerprint density at radius 2 is 2.24 bits per heavy atom. The number of fused-ring (bicyclic) bond motifs is 2. The number of carbonyl (C=O) groups excluding carboxylic acids is 2. The molecule has 12 heteroatoms. The second kappa shape index (κ2) is 7.25. The van der Waals surface area contributed by atoms with Gasteiger partial charge in [0.25, 0.3) is 10.0 Å². The SMILES string of the molecule is N#Cc1cccc2c1S(=O)(=O)N(CC(=O)N[C@@H]1COC3CC(F)CNC31)C(=O)N2. The highest BCUT2D eigenvalue weighted by molar-refractivity contribution is 7.90. The van der Waals surface area contributed by atoms with Crippen LogP contribution in [0.1, 0.15) is 12.0 Å². The number of rotatable bonds is 3. The van der Waals surface area contributed by atoms with E-state index in [1.165, 1.54) is 18.2 Å². The van der Waals surface area contributed by atoms with Crippen LogP contribution in [0.3, 0.4) is 0 Å². The molecule has 29 heavy (non-hydrogen) atoms. The van der Waals surface area contributed by atoms with Crippen molar-refractivity contribution in [3.05, 3.63) is 23.8 Å². The Hall–Kier alpha value is -2.75. The average molecular weight is 423 g/mol. The number of hydrogen-bond acceptors (Lipinski definition) is 7. The summed E-state index contributed by atoms with van der Waals surface area (Å²) in [7, 11) is -4.39. The van der Waals surface area contributed by atoms with Gasteiger partial charge in [0.05, 0.1) is 36.0 Å². The molecule has 4 atom stereocenters. The van der Waals surface area contributed by atoms with Crippen molar-refractivity contribution in [1.82, 2.24) is 14.9 Å². The Bertz CT molecular complexity index is 1010. The van der Waals surface area contributed by atoms with Crippen molar-refractivity contribution in [1.29, 1.82) is 5.26 Å².